The predicted molar refractivity (Wildman–Crippen MR) is 282 cm³/mol. The predicted octanol–water partition coefficient (Wildman–Crippen LogP) is 11.1. The fourth-order valence-electron chi connectivity index (χ4n) is 12.9. The van der Waals surface area contributed by atoms with Gasteiger partial charge in [0, 0.05) is 93.9 Å². The van der Waals surface area contributed by atoms with Crippen molar-refractivity contribution in [3.63, 3.8) is 0 Å². The monoisotopic (exact) mass is 954 g/mol. The Balaban J connectivity index is 0.723. The molecule has 6 aromatic rings. The van der Waals surface area contributed by atoms with Crippen molar-refractivity contribution in [2.75, 3.05) is 55.6 Å². The van der Waals surface area contributed by atoms with Crippen LogP contribution in [0.4, 0.5) is 20.7 Å². The van der Waals surface area contributed by atoms with Crippen LogP contribution in [0.1, 0.15) is 104 Å². The second kappa shape index (κ2) is 20.4. The van der Waals surface area contributed by atoms with Gasteiger partial charge in [-0.2, -0.15) is 5.10 Å². The Labute approximate surface area is 418 Å². The normalized spacial score (nSPS) is 24.4. The number of rotatable bonds is 12. The Hall–Kier alpha value is -6.30. The van der Waals surface area contributed by atoms with Gasteiger partial charge in [0.25, 0.3) is 0 Å². The largest absolute Gasteiger partial charge is 0.489 e. The van der Waals surface area contributed by atoms with Crippen molar-refractivity contribution < 1.29 is 18.7 Å². The first kappa shape index (κ1) is 47.0. The van der Waals surface area contributed by atoms with Crippen molar-refractivity contribution >= 4 is 39.9 Å². The molecule has 4 heterocycles. The van der Waals surface area contributed by atoms with E-state index < -0.39 is 6.03 Å². The molecule has 71 heavy (non-hydrogen) atoms. The van der Waals surface area contributed by atoms with Crippen LogP contribution in [-0.4, -0.2) is 89.4 Å². The lowest BCUT2D eigenvalue weighted by Gasteiger charge is -2.44. The number of urea groups is 1. The molecule has 2 saturated heterocycles. The molecule has 368 valence electrons. The smallest absolute Gasteiger partial charge is 0.329 e. The maximum atomic E-state index is 16.1. The number of carbonyl (C=O) groups is 2. The number of aromatic nitrogens is 2. The molecule has 5 aromatic carbocycles. The van der Waals surface area contributed by atoms with Crippen LogP contribution in [0.25, 0.3) is 16.5 Å². The first-order valence-electron chi connectivity index (χ1n) is 26.3. The van der Waals surface area contributed by atoms with Gasteiger partial charge in [0.1, 0.15) is 18.2 Å². The summed E-state index contributed by atoms with van der Waals surface area (Å²) >= 11 is 0. The van der Waals surface area contributed by atoms with Gasteiger partial charge in [0.15, 0.2) is 5.82 Å². The number of anilines is 2. The summed E-state index contributed by atoms with van der Waals surface area (Å²) in [5.74, 6) is 2.68. The molecular weight excluding hydrogens is 886 g/mol. The van der Waals surface area contributed by atoms with Crippen LogP contribution in [0.15, 0.2) is 121 Å². The van der Waals surface area contributed by atoms with Gasteiger partial charge in [0.2, 0.25) is 5.91 Å². The molecule has 5 aliphatic rings. The molecule has 10 nitrogen and oxygen atoms in total. The van der Waals surface area contributed by atoms with E-state index in [9.17, 15) is 9.59 Å². The number of ether oxygens (including phenoxy) is 1. The van der Waals surface area contributed by atoms with Gasteiger partial charge in [-0.3, -0.25) is 29.5 Å². The van der Waals surface area contributed by atoms with Crippen LogP contribution in [0, 0.1) is 17.7 Å². The van der Waals surface area contributed by atoms with E-state index in [1.807, 2.05) is 19.2 Å². The minimum absolute atomic E-state index is 0.174. The molecule has 3 amide bonds. The average Bonchev–Trinajstić information content (AvgIpc) is 3.70. The number of imide groups is 1. The summed E-state index contributed by atoms with van der Waals surface area (Å²) in [4.78, 5) is 33.9. The number of fused-ring (bicyclic) bond motifs is 2. The molecule has 0 bridgehead atoms. The van der Waals surface area contributed by atoms with Crippen LogP contribution in [0.3, 0.4) is 0 Å². The van der Waals surface area contributed by atoms with E-state index in [0.29, 0.717) is 41.1 Å². The highest BCUT2D eigenvalue weighted by molar-refractivity contribution is 6.09. The van der Waals surface area contributed by atoms with E-state index in [-0.39, 0.29) is 42.7 Å². The number of amides is 3. The summed E-state index contributed by atoms with van der Waals surface area (Å²) in [5.41, 5.74) is 10.5. The highest BCUT2D eigenvalue weighted by Gasteiger charge is 2.36. The van der Waals surface area contributed by atoms with E-state index in [0.717, 1.165) is 75.4 Å². The number of hydrogen-bond acceptors (Lipinski definition) is 7. The minimum atomic E-state index is -0.524. The van der Waals surface area contributed by atoms with Crippen molar-refractivity contribution in [3.8, 4) is 5.75 Å². The lowest BCUT2D eigenvalue weighted by molar-refractivity contribution is -0.120. The van der Waals surface area contributed by atoms with Crippen molar-refractivity contribution in [2.24, 2.45) is 18.9 Å². The van der Waals surface area contributed by atoms with E-state index in [1.54, 1.807) is 4.68 Å². The van der Waals surface area contributed by atoms with Crippen LogP contribution in [0.2, 0.25) is 0 Å². The maximum absolute atomic E-state index is 16.1. The zero-order valence-corrected chi connectivity index (χ0v) is 41.6. The maximum Gasteiger partial charge on any atom is 0.329 e. The molecule has 2 aliphatic carbocycles. The lowest BCUT2D eigenvalue weighted by atomic mass is 9.69. The second-order valence-electron chi connectivity index (χ2n) is 21.1. The first-order chi connectivity index (χ1) is 34.6. The van der Waals surface area contributed by atoms with Crippen LogP contribution < -0.4 is 19.9 Å². The van der Waals surface area contributed by atoms with Gasteiger partial charge < -0.3 is 9.64 Å². The van der Waals surface area contributed by atoms with Gasteiger partial charge in [-0.1, -0.05) is 97.8 Å². The number of benzene rings is 5. The third-order valence-corrected chi connectivity index (χ3v) is 16.7. The minimum Gasteiger partial charge on any atom is -0.489 e. The van der Waals surface area contributed by atoms with E-state index in [4.69, 9.17) is 4.74 Å². The van der Waals surface area contributed by atoms with E-state index >= 15 is 4.39 Å². The quantitative estimate of drug-likeness (QED) is 0.131. The summed E-state index contributed by atoms with van der Waals surface area (Å²) in [7, 11) is 1.82. The number of nitrogens with zero attached hydrogens (tertiary/aromatic N) is 6. The SMILES string of the molecule is C[C@@H]1C=C(c2cc3c(cc2F)c(N2CCC(=O)NC2=O)nn3C)C[C@H](C)N1C[C@@H]1CCCC[C@H]1CN1CCN(c2ccc([C@@H]3c4ccc(OCc5ccccc5)cc4CC[C@@H]3c3ccccc3)cc2)CC1. The Kier molecular flexibility index (Phi) is 13.5. The van der Waals surface area contributed by atoms with Crippen molar-refractivity contribution in [1.29, 1.82) is 0 Å². The fraction of sp³-hybridized carbons (Fsp3) is 0.417. The third-order valence-electron chi connectivity index (χ3n) is 16.7. The van der Waals surface area contributed by atoms with Crippen molar-refractivity contribution in [3.05, 3.63) is 161 Å². The average molecular weight is 954 g/mol. The zero-order valence-electron chi connectivity index (χ0n) is 41.6. The Bertz CT molecular complexity index is 2890. The molecule has 3 fully saturated rings. The number of aryl methyl sites for hydroxylation is 2. The summed E-state index contributed by atoms with van der Waals surface area (Å²) in [6.45, 7) is 11.8. The Morgan fingerprint density at radius 3 is 2.23 bits per heavy atom. The van der Waals surface area contributed by atoms with Gasteiger partial charge in [-0.25, -0.2) is 9.18 Å². The molecule has 1 N–H and O–H groups in total. The van der Waals surface area contributed by atoms with Gasteiger partial charge >= 0.3 is 6.03 Å². The van der Waals surface area contributed by atoms with Crippen LogP contribution in [0.5, 0.6) is 5.75 Å². The molecule has 0 radical (unpaired) electrons. The highest BCUT2D eigenvalue weighted by Crippen LogP contribution is 2.47. The topological polar surface area (TPSA) is 86.2 Å². The molecule has 0 spiro atoms. The van der Waals surface area contributed by atoms with Gasteiger partial charge in [-0.05, 0) is 133 Å². The number of nitrogens with one attached hydrogen (secondary N) is 1. The highest BCUT2D eigenvalue weighted by atomic mass is 19.1. The molecule has 1 aromatic heterocycles. The van der Waals surface area contributed by atoms with E-state index in [2.05, 4.69) is 142 Å². The molecule has 3 aliphatic heterocycles. The Morgan fingerprint density at radius 2 is 1.49 bits per heavy atom. The molecule has 11 heteroatoms. The number of halogens is 1. The second-order valence-corrected chi connectivity index (χ2v) is 21.1. The molecule has 11 rings (SSSR count). The summed E-state index contributed by atoms with van der Waals surface area (Å²) < 4.78 is 24.1. The zero-order chi connectivity index (χ0) is 48.6. The number of hydrogen-bond donors (Lipinski definition) is 1. The van der Waals surface area contributed by atoms with Crippen molar-refractivity contribution in [2.45, 2.75) is 95.7 Å². The molecule has 1 saturated carbocycles. The molecule has 0 unspecified atom stereocenters. The summed E-state index contributed by atoms with van der Waals surface area (Å²) in [5, 5.41) is 7.53. The molecule has 6 atom stereocenters. The first-order valence-corrected chi connectivity index (χ1v) is 26.3. The summed E-state index contributed by atoms with van der Waals surface area (Å²) in [6.07, 6.45) is 10.5. The van der Waals surface area contributed by atoms with Crippen LogP contribution in [-0.2, 0) is 24.9 Å². The van der Waals surface area contributed by atoms with Gasteiger partial charge in [-0.15, -0.1) is 0 Å². The van der Waals surface area contributed by atoms with E-state index in [1.165, 1.54) is 70.2 Å². The Morgan fingerprint density at radius 1 is 0.761 bits per heavy atom. The van der Waals surface area contributed by atoms with Gasteiger partial charge in [0.05, 0.1) is 5.52 Å². The third kappa shape index (κ3) is 9.88. The standard InChI is InChI=1S/C60H68FN7O3/c1-40-32-48(53-36-56-54(35-55(53)61)59(63-64(56)3)67-27-26-57(69)62-60(67)70)33-41(2)68(40)38-47-17-11-10-16-46(47)37-65-28-30-66(31-29-65)49-21-18-44(19-22-49)58-51(43-14-8-5-9-15-43)24-20-45-34-50(23-25-52(45)58)71-39-42-12-6-4-7-13-42/h4-9,12-15,18-19,21-23,25,32,34-36,40-41,46-47,51,58H,10-11,16-17,20,24,26-31,33,37-39H2,1-3H3,(H,62,69,70)/t40-,41+,46+,47+,51-,58+/m1/s1. The molecular formula is C60H68FN7O3. The van der Waals surface area contributed by atoms with Crippen molar-refractivity contribution in [1.82, 2.24) is 24.9 Å². The number of piperazine rings is 1. The lowest BCUT2D eigenvalue weighted by Crippen LogP contribution is -2.50. The van der Waals surface area contributed by atoms with Crippen LogP contribution >= 0.6 is 0 Å². The fourth-order valence-corrected chi connectivity index (χ4v) is 12.9. The number of carbonyl (C=O) groups excluding carboxylic acids is 2. The summed E-state index contributed by atoms with van der Waals surface area (Å²) in [6, 6.07) is 41.2.